The number of amides is 1. The first-order chi connectivity index (χ1) is 9.37. The molecule has 0 saturated heterocycles. The van der Waals surface area contributed by atoms with Gasteiger partial charge in [-0.2, -0.15) is 0 Å². The van der Waals surface area contributed by atoms with Gasteiger partial charge >= 0.3 is 0 Å². The molecule has 0 unspecified atom stereocenters. The molecule has 1 aromatic carbocycles. The molecule has 0 aliphatic heterocycles. The van der Waals surface area contributed by atoms with Gasteiger partial charge in [0, 0.05) is 20.0 Å². The normalized spacial score (nSPS) is 11.3. The summed E-state index contributed by atoms with van der Waals surface area (Å²) in [7, 11) is -3.27. The SMILES string of the molecule is CCCS(=O)(=O)NCCN(C(C)=O)c1ccccc1Cl. The third-order valence-corrected chi connectivity index (χ3v) is 4.56. The predicted molar refractivity (Wildman–Crippen MR) is 81.6 cm³/mol. The summed E-state index contributed by atoms with van der Waals surface area (Å²) in [6.07, 6.45) is 0.552. The van der Waals surface area contributed by atoms with Crippen LogP contribution in [-0.4, -0.2) is 33.2 Å². The summed E-state index contributed by atoms with van der Waals surface area (Å²) in [6.45, 7) is 3.61. The maximum absolute atomic E-state index is 11.7. The molecule has 1 aromatic rings. The highest BCUT2D eigenvalue weighted by atomic mass is 35.5. The van der Waals surface area contributed by atoms with Gasteiger partial charge in [-0.25, -0.2) is 13.1 Å². The van der Waals surface area contributed by atoms with Gasteiger partial charge in [-0.3, -0.25) is 4.79 Å². The van der Waals surface area contributed by atoms with E-state index in [0.29, 0.717) is 17.1 Å². The molecule has 0 aliphatic rings. The van der Waals surface area contributed by atoms with E-state index in [1.807, 2.05) is 0 Å². The lowest BCUT2D eigenvalue weighted by molar-refractivity contribution is -0.116. The van der Waals surface area contributed by atoms with Crippen molar-refractivity contribution in [2.24, 2.45) is 0 Å². The number of carbonyl (C=O) groups is 1. The average molecular weight is 319 g/mol. The smallest absolute Gasteiger partial charge is 0.223 e. The van der Waals surface area contributed by atoms with Crippen LogP contribution in [0.25, 0.3) is 0 Å². The number of benzene rings is 1. The number of anilines is 1. The van der Waals surface area contributed by atoms with Gasteiger partial charge in [0.25, 0.3) is 0 Å². The molecule has 0 heterocycles. The number of para-hydroxylation sites is 1. The third kappa shape index (κ3) is 5.11. The maximum Gasteiger partial charge on any atom is 0.223 e. The first kappa shape index (κ1) is 16.9. The summed E-state index contributed by atoms with van der Waals surface area (Å²) < 4.78 is 25.6. The second-order valence-corrected chi connectivity index (χ2v) is 6.67. The van der Waals surface area contributed by atoms with Gasteiger partial charge < -0.3 is 4.90 Å². The van der Waals surface area contributed by atoms with Crippen molar-refractivity contribution in [3.05, 3.63) is 29.3 Å². The Hall–Kier alpha value is -1.11. The Morgan fingerprint density at radius 2 is 2.00 bits per heavy atom. The zero-order chi connectivity index (χ0) is 15.2. The van der Waals surface area contributed by atoms with Gasteiger partial charge in [0.2, 0.25) is 15.9 Å². The van der Waals surface area contributed by atoms with Crippen LogP contribution >= 0.6 is 11.6 Å². The first-order valence-corrected chi connectivity index (χ1v) is 8.40. The molecule has 0 aromatic heterocycles. The number of hydrogen-bond acceptors (Lipinski definition) is 3. The summed E-state index contributed by atoms with van der Waals surface area (Å²) in [5, 5.41) is 0.458. The summed E-state index contributed by atoms with van der Waals surface area (Å²) in [5.41, 5.74) is 0.580. The van der Waals surface area contributed by atoms with E-state index in [9.17, 15) is 13.2 Å². The van der Waals surface area contributed by atoms with Gasteiger partial charge in [0.15, 0.2) is 0 Å². The van der Waals surface area contributed by atoms with Crippen molar-refractivity contribution in [2.75, 3.05) is 23.7 Å². The van der Waals surface area contributed by atoms with Gasteiger partial charge in [-0.05, 0) is 18.6 Å². The molecule has 0 atom stereocenters. The lowest BCUT2D eigenvalue weighted by Gasteiger charge is -2.22. The molecule has 0 spiro atoms. The van der Waals surface area contributed by atoms with Crippen LogP contribution < -0.4 is 9.62 Å². The zero-order valence-corrected chi connectivity index (χ0v) is 13.2. The van der Waals surface area contributed by atoms with E-state index < -0.39 is 10.0 Å². The number of rotatable bonds is 7. The van der Waals surface area contributed by atoms with E-state index >= 15 is 0 Å². The number of carbonyl (C=O) groups excluding carboxylic acids is 1. The first-order valence-electron chi connectivity index (χ1n) is 6.37. The molecule has 20 heavy (non-hydrogen) atoms. The lowest BCUT2D eigenvalue weighted by Crippen LogP contribution is -2.38. The van der Waals surface area contributed by atoms with E-state index in [2.05, 4.69) is 4.72 Å². The van der Waals surface area contributed by atoms with Crippen molar-refractivity contribution >= 4 is 33.2 Å². The monoisotopic (exact) mass is 318 g/mol. The highest BCUT2D eigenvalue weighted by Gasteiger charge is 2.15. The zero-order valence-electron chi connectivity index (χ0n) is 11.6. The summed E-state index contributed by atoms with van der Waals surface area (Å²) in [5.74, 6) is -0.105. The van der Waals surface area contributed by atoms with Crippen molar-refractivity contribution in [3.63, 3.8) is 0 Å². The molecule has 0 saturated carbocycles. The van der Waals surface area contributed by atoms with Crippen LogP contribution in [0.1, 0.15) is 20.3 Å². The highest BCUT2D eigenvalue weighted by molar-refractivity contribution is 7.89. The van der Waals surface area contributed by atoms with E-state index in [0.717, 1.165) is 0 Å². The molecule has 7 heteroatoms. The van der Waals surface area contributed by atoms with Crippen LogP contribution in [0, 0.1) is 0 Å². The van der Waals surface area contributed by atoms with Crippen molar-refractivity contribution in [2.45, 2.75) is 20.3 Å². The molecule has 1 N–H and O–H groups in total. The van der Waals surface area contributed by atoms with Crippen LogP contribution in [0.2, 0.25) is 5.02 Å². The summed E-state index contributed by atoms with van der Waals surface area (Å²) in [4.78, 5) is 13.1. The molecule has 0 aliphatic carbocycles. The Kier molecular flexibility index (Phi) is 6.45. The van der Waals surface area contributed by atoms with Crippen molar-refractivity contribution in [1.29, 1.82) is 0 Å². The van der Waals surface area contributed by atoms with Gasteiger partial charge in [-0.15, -0.1) is 0 Å². The molecule has 0 bridgehead atoms. The summed E-state index contributed by atoms with van der Waals surface area (Å²) in [6, 6.07) is 6.96. The number of hydrogen-bond donors (Lipinski definition) is 1. The minimum Gasteiger partial charge on any atom is -0.310 e. The van der Waals surface area contributed by atoms with Crippen LogP contribution in [0.3, 0.4) is 0 Å². The lowest BCUT2D eigenvalue weighted by atomic mass is 10.3. The Labute approximate surface area is 125 Å². The molecule has 0 fully saturated rings. The molecular weight excluding hydrogens is 300 g/mol. The van der Waals surface area contributed by atoms with E-state index in [1.54, 1.807) is 31.2 Å². The van der Waals surface area contributed by atoms with Crippen LogP contribution in [0.4, 0.5) is 5.69 Å². The quantitative estimate of drug-likeness (QED) is 0.836. The fraction of sp³-hybridized carbons (Fsp3) is 0.462. The van der Waals surface area contributed by atoms with E-state index in [4.69, 9.17) is 11.6 Å². The number of sulfonamides is 1. The molecule has 0 radical (unpaired) electrons. The fourth-order valence-electron chi connectivity index (χ4n) is 1.77. The maximum atomic E-state index is 11.7. The topological polar surface area (TPSA) is 66.5 Å². The largest absolute Gasteiger partial charge is 0.310 e. The Morgan fingerprint density at radius 1 is 1.35 bits per heavy atom. The van der Waals surface area contributed by atoms with E-state index in [-0.39, 0.29) is 24.7 Å². The fourth-order valence-corrected chi connectivity index (χ4v) is 3.09. The molecule has 5 nitrogen and oxygen atoms in total. The minimum absolute atomic E-state index is 0.0825. The third-order valence-electron chi connectivity index (χ3n) is 2.65. The molecule has 1 amide bonds. The van der Waals surface area contributed by atoms with Gasteiger partial charge in [0.1, 0.15) is 0 Å². The Morgan fingerprint density at radius 3 is 2.55 bits per heavy atom. The number of nitrogens with zero attached hydrogens (tertiary/aromatic N) is 1. The predicted octanol–water partition coefficient (Wildman–Crippen LogP) is 2.02. The van der Waals surface area contributed by atoms with Crippen molar-refractivity contribution < 1.29 is 13.2 Å². The standard InChI is InChI=1S/C13H19ClN2O3S/c1-3-10-20(18,19)15-8-9-16(11(2)17)13-7-5-4-6-12(13)14/h4-7,15H,3,8-10H2,1-2H3. The highest BCUT2D eigenvalue weighted by Crippen LogP contribution is 2.24. The second kappa shape index (κ2) is 7.61. The number of nitrogens with one attached hydrogen (secondary N) is 1. The Balaban J connectivity index is 2.71. The van der Waals surface area contributed by atoms with E-state index in [1.165, 1.54) is 11.8 Å². The minimum atomic E-state index is -3.27. The molecule has 112 valence electrons. The van der Waals surface area contributed by atoms with Gasteiger partial charge in [0.05, 0.1) is 16.5 Å². The molecule has 1 rings (SSSR count). The van der Waals surface area contributed by atoms with Gasteiger partial charge in [-0.1, -0.05) is 30.7 Å². The second-order valence-electron chi connectivity index (χ2n) is 4.34. The van der Waals surface area contributed by atoms with Crippen LogP contribution in [0.15, 0.2) is 24.3 Å². The van der Waals surface area contributed by atoms with Crippen molar-refractivity contribution in [1.82, 2.24) is 4.72 Å². The molecular formula is C13H19ClN2O3S. The number of halogens is 1. The average Bonchev–Trinajstić information content (AvgIpc) is 2.35. The van der Waals surface area contributed by atoms with Crippen LogP contribution in [-0.2, 0) is 14.8 Å². The van der Waals surface area contributed by atoms with Crippen LogP contribution in [0.5, 0.6) is 0 Å². The summed E-state index contributed by atoms with van der Waals surface area (Å²) >= 11 is 6.05. The Bertz CT molecular complexity index is 560. The van der Waals surface area contributed by atoms with Crippen molar-refractivity contribution in [3.8, 4) is 0 Å².